The molecule has 0 aliphatic heterocycles. The van der Waals surface area contributed by atoms with Crippen molar-refractivity contribution in [1.82, 2.24) is 9.78 Å². The second kappa shape index (κ2) is 3.73. The van der Waals surface area contributed by atoms with Crippen LogP contribution >= 0.6 is 11.6 Å². The summed E-state index contributed by atoms with van der Waals surface area (Å²) in [5.74, 6) is 0.700. The van der Waals surface area contributed by atoms with Crippen LogP contribution in [0.25, 0.3) is 0 Å². The molecule has 14 heavy (non-hydrogen) atoms. The van der Waals surface area contributed by atoms with E-state index < -0.39 is 0 Å². The molecule has 76 valence electrons. The van der Waals surface area contributed by atoms with Crippen LogP contribution in [0.4, 0.5) is 0 Å². The van der Waals surface area contributed by atoms with Gasteiger partial charge in [-0.05, 0) is 25.7 Å². The van der Waals surface area contributed by atoms with E-state index in [2.05, 4.69) is 5.10 Å². The average Bonchev–Trinajstić information content (AvgIpc) is 2.35. The molecule has 0 aromatic carbocycles. The van der Waals surface area contributed by atoms with Crippen LogP contribution in [-0.2, 0) is 6.54 Å². The highest BCUT2D eigenvalue weighted by atomic mass is 35.5. The third kappa shape index (κ3) is 1.57. The number of halogens is 1. The van der Waals surface area contributed by atoms with Gasteiger partial charge < -0.3 is 0 Å². The number of aromatic nitrogens is 2. The van der Waals surface area contributed by atoms with Gasteiger partial charge in [-0.25, -0.2) is 0 Å². The van der Waals surface area contributed by atoms with E-state index in [0.29, 0.717) is 16.6 Å². The van der Waals surface area contributed by atoms with Gasteiger partial charge in [-0.15, -0.1) is 0 Å². The lowest BCUT2D eigenvalue weighted by atomic mass is 9.85. The Morgan fingerprint density at radius 3 is 2.79 bits per heavy atom. The molecule has 1 aromatic heterocycles. The zero-order valence-electron chi connectivity index (χ0n) is 8.16. The maximum absolute atomic E-state index is 10.7. The van der Waals surface area contributed by atoms with Crippen LogP contribution in [-0.4, -0.2) is 16.1 Å². The molecule has 0 atom stereocenters. The van der Waals surface area contributed by atoms with Crippen LogP contribution in [0.1, 0.15) is 35.3 Å². The minimum Gasteiger partial charge on any atom is -0.298 e. The van der Waals surface area contributed by atoms with Crippen LogP contribution in [0.5, 0.6) is 0 Å². The predicted molar refractivity (Wildman–Crippen MR) is 54.7 cm³/mol. The Hall–Kier alpha value is -0.830. The van der Waals surface area contributed by atoms with Gasteiger partial charge in [0.25, 0.3) is 0 Å². The summed E-state index contributed by atoms with van der Waals surface area (Å²) in [5, 5.41) is 4.75. The lowest BCUT2D eigenvalue weighted by Crippen LogP contribution is -2.18. The van der Waals surface area contributed by atoms with E-state index in [1.165, 1.54) is 19.3 Å². The molecule has 1 aromatic rings. The lowest BCUT2D eigenvalue weighted by molar-refractivity contribution is 0.112. The Bertz CT molecular complexity index is 355. The van der Waals surface area contributed by atoms with E-state index >= 15 is 0 Å². The van der Waals surface area contributed by atoms with Gasteiger partial charge in [0, 0.05) is 6.54 Å². The third-order valence-corrected chi connectivity index (χ3v) is 3.28. The van der Waals surface area contributed by atoms with E-state index in [4.69, 9.17) is 11.6 Å². The van der Waals surface area contributed by atoms with Crippen molar-refractivity contribution in [3.8, 4) is 0 Å². The maximum atomic E-state index is 10.7. The zero-order chi connectivity index (χ0) is 10.1. The number of hydrogen-bond acceptors (Lipinski definition) is 2. The van der Waals surface area contributed by atoms with Gasteiger partial charge in [0.15, 0.2) is 6.29 Å². The molecule has 0 N–H and O–H groups in total. The van der Waals surface area contributed by atoms with Crippen LogP contribution in [0.3, 0.4) is 0 Å². The molecular weight excluding hydrogens is 200 g/mol. The zero-order valence-corrected chi connectivity index (χ0v) is 8.92. The van der Waals surface area contributed by atoms with Crippen molar-refractivity contribution in [3.05, 3.63) is 16.4 Å². The van der Waals surface area contributed by atoms with Gasteiger partial charge in [0.2, 0.25) is 0 Å². The fraction of sp³-hybridized carbons (Fsp3) is 0.600. The molecule has 1 heterocycles. The van der Waals surface area contributed by atoms with Crippen molar-refractivity contribution in [2.24, 2.45) is 5.92 Å². The van der Waals surface area contributed by atoms with Crippen molar-refractivity contribution in [1.29, 1.82) is 0 Å². The van der Waals surface area contributed by atoms with E-state index in [1.807, 2.05) is 6.92 Å². The van der Waals surface area contributed by atoms with Crippen LogP contribution < -0.4 is 0 Å². The van der Waals surface area contributed by atoms with E-state index in [-0.39, 0.29) is 0 Å². The monoisotopic (exact) mass is 212 g/mol. The average molecular weight is 213 g/mol. The molecule has 0 radical (unpaired) electrons. The van der Waals surface area contributed by atoms with Gasteiger partial charge >= 0.3 is 0 Å². The number of nitrogens with zero attached hydrogens (tertiary/aromatic N) is 2. The molecule has 1 aliphatic rings. The summed E-state index contributed by atoms with van der Waals surface area (Å²) in [4.78, 5) is 10.7. The molecular formula is C10H13ClN2O. The van der Waals surface area contributed by atoms with Crippen LogP contribution in [0.2, 0.25) is 5.15 Å². The lowest BCUT2D eigenvalue weighted by Gasteiger charge is -2.25. The summed E-state index contributed by atoms with van der Waals surface area (Å²) in [6, 6.07) is 0. The number of carbonyl (C=O) groups excluding carboxylic acids is 1. The van der Waals surface area contributed by atoms with Gasteiger partial charge in [-0.2, -0.15) is 5.10 Å². The molecule has 0 saturated heterocycles. The first-order chi connectivity index (χ1) is 6.72. The molecule has 0 amide bonds. The van der Waals surface area contributed by atoms with E-state index in [9.17, 15) is 4.79 Å². The normalized spacial score (nSPS) is 16.7. The molecule has 1 saturated carbocycles. The molecule has 3 nitrogen and oxygen atoms in total. The first kappa shape index (κ1) is 9.71. The van der Waals surface area contributed by atoms with Crippen molar-refractivity contribution < 1.29 is 4.79 Å². The summed E-state index contributed by atoms with van der Waals surface area (Å²) >= 11 is 6.02. The molecule has 0 unspecified atom stereocenters. The highest BCUT2D eigenvalue weighted by molar-refractivity contribution is 6.32. The second-order valence-corrected chi connectivity index (χ2v) is 4.24. The first-order valence-electron chi connectivity index (χ1n) is 4.90. The molecule has 1 aliphatic carbocycles. The minimum atomic E-state index is 0.490. The summed E-state index contributed by atoms with van der Waals surface area (Å²) < 4.78 is 1.75. The fourth-order valence-corrected chi connectivity index (χ4v) is 2.03. The van der Waals surface area contributed by atoms with Crippen molar-refractivity contribution in [2.45, 2.75) is 32.7 Å². The van der Waals surface area contributed by atoms with E-state index in [0.717, 1.165) is 18.5 Å². The number of carbonyl (C=O) groups is 1. The highest BCUT2D eigenvalue weighted by Gasteiger charge is 2.21. The number of hydrogen-bond donors (Lipinski definition) is 0. The van der Waals surface area contributed by atoms with Gasteiger partial charge in [-0.1, -0.05) is 18.0 Å². The molecule has 0 spiro atoms. The summed E-state index contributed by atoms with van der Waals surface area (Å²) in [6.45, 7) is 2.67. The van der Waals surface area contributed by atoms with Crippen molar-refractivity contribution in [3.63, 3.8) is 0 Å². The fourth-order valence-electron chi connectivity index (χ4n) is 1.74. The molecule has 2 rings (SSSR count). The number of aryl methyl sites for hydroxylation is 1. The molecule has 1 fully saturated rings. The number of rotatable bonds is 3. The summed E-state index contributed by atoms with van der Waals surface area (Å²) in [7, 11) is 0. The van der Waals surface area contributed by atoms with Crippen LogP contribution in [0, 0.1) is 12.8 Å². The SMILES string of the molecule is Cc1nn(CC2CCC2)c(Cl)c1C=O. The second-order valence-electron chi connectivity index (χ2n) is 3.89. The summed E-state index contributed by atoms with van der Waals surface area (Å²) in [6.07, 6.45) is 4.60. The van der Waals surface area contributed by atoms with Gasteiger partial charge in [0.1, 0.15) is 5.15 Å². The Kier molecular flexibility index (Phi) is 2.59. The van der Waals surface area contributed by atoms with Gasteiger partial charge in [0.05, 0.1) is 11.3 Å². The Labute approximate surface area is 88.1 Å². The predicted octanol–water partition coefficient (Wildman–Crippen LogP) is 2.46. The summed E-state index contributed by atoms with van der Waals surface area (Å²) in [5.41, 5.74) is 1.26. The Morgan fingerprint density at radius 2 is 2.36 bits per heavy atom. The third-order valence-electron chi connectivity index (χ3n) is 2.88. The first-order valence-corrected chi connectivity index (χ1v) is 5.28. The van der Waals surface area contributed by atoms with Gasteiger partial charge in [-0.3, -0.25) is 9.48 Å². The largest absolute Gasteiger partial charge is 0.298 e. The number of aldehydes is 1. The minimum absolute atomic E-state index is 0.490. The van der Waals surface area contributed by atoms with Crippen molar-refractivity contribution >= 4 is 17.9 Å². The standard InChI is InChI=1S/C10H13ClN2O/c1-7-9(6-14)10(11)13(12-7)5-8-3-2-4-8/h6,8H,2-5H2,1H3. The highest BCUT2D eigenvalue weighted by Crippen LogP contribution is 2.29. The maximum Gasteiger partial charge on any atom is 0.155 e. The quantitative estimate of drug-likeness (QED) is 0.722. The van der Waals surface area contributed by atoms with Crippen molar-refractivity contribution in [2.75, 3.05) is 0 Å². The van der Waals surface area contributed by atoms with E-state index in [1.54, 1.807) is 4.68 Å². The van der Waals surface area contributed by atoms with Crippen LogP contribution in [0.15, 0.2) is 0 Å². The molecule has 0 bridgehead atoms. The molecule has 4 heteroatoms. The Balaban J connectivity index is 2.20. The smallest absolute Gasteiger partial charge is 0.155 e. The Morgan fingerprint density at radius 1 is 1.64 bits per heavy atom. The topological polar surface area (TPSA) is 34.9 Å².